The first-order chi connectivity index (χ1) is 7.61. The summed E-state index contributed by atoms with van der Waals surface area (Å²) in [5.74, 6) is 0.823. The van der Waals surface area contributed by atoms with Gasteiger partial charge in [-0.05, 0) is 29.7 Å². The molecule has 0 spiro atoms. The van der Waals surface area contributed by atoms with Crippen molar-refractivity contribution in [1.82, 2.24) is 0 Å². The molecule has 0 aromatic carbocycles. The summed E-state index contributed by atoms with van der Waals surface area (Å²) < 4.78 is 0. The Morgan fingerprint density at radius 1 is 1.44 bits per heavy atom. The van der Waals surface area contributed by atoms with E-state index in [1.807, 2.05) is 13.8 Å². The highest BCUT2D eigenvalue weighted by Gasteiger charge is 2.26. The molecule has 0 aliphatic heterocycles. The second-order valence-corrected chi connectivity index (χ2v) is 5.84. The van der Waals surface area contributed by atoms with Crippen molar-refractivity contribution in [2.24, 2.45) is 5.92 Å². The predicted molar refractivity (Wildman–Crippen MR) is 69.1 cm³/mol. The molecule has 2 rings (SSSR count). The number of hydrogen-bond donors (Lipinski definition) is 1. The second-order valence-electron chi connectivity index (χ2n) is 4.93. The van der Waals surface area contributed by atoms with Gasteiger partial charge < -0.3 is 5.73 Å². The molecule has 1 heterocycles. The zero-order chi connectivity index (χ0) is 11.7. The van der Waals surface area contributed by atoms with Gasteiger partial charge in [0.1, 0.15) is 0 Å². The van der Waals surface area contributed by atoms with Crippen LogP contribution in [0, 0.1) is 5.92 Å². The second kappa shape index (κ2) is 4.58. The average molecular weight is 237 g/mol. The molecule has 88 valence electrons. The minimum absolute atomic E-state index is 0.0389. The van der Waals surface area contributed by atoms with E-state index in [2.05, 4.69) is 5.38 Å². The summed E-state index contributed by atoms with van der Waals surface area (Å²) in [4.78, 5) is 12.1. The molecule has 1 aliphatic rings. The molecule has 2 nitrogen and oxygen atoms in total. The number of thiophene rings is 1. The SMILES string of the molecule is CC(C)C(=O)c1c(C2CCCC2)csc1N. The zero-order valence-electron chi connectivity index (χ0n) is 9.95. The number of carbonyl (C=O) groups is 1. The zero-order valence-corrected chi connectivity index (χ0v) is 10.8. The minimum Gasteiger partial charge on any atom is -0.390 e. The van der Waals surface area contributed by atoms with Gasteiger partial charge in [0.2, 0.25) is 0 Å². The molecule has 1 aliphatic carbocycles. The van der Waals surface area contributed by atoms with Crippen LogP contribution in [0.2, 0.25) is 0 Å². The molecule has 0 atom stereocenters. The van der Waals surface area contributed by atoms with Gasteiger partial charge in [-0.15, -0.1) is 11.3 Å². The van der Waals surface area contributed by atoms with Gasteiger partial charge in [-0.2, -0.15) is 0 Å². The third kappa shape index (κ3) is 2.01. The van der Waals surface area contributed by atoms with Crippen LogP contribution in [-0.2, 0) is 0 Å². The summed E-state index contributed by atoms with van der Waals surface area (Å²) in [5.41, 5.74) is 7.99. The Morgan fingerprint density at radius 3 is 2.62 bits per heavy atom. The van der Waals surface area contributed by atoms with Gasteiger partial charge in [0.15, 0.2) is 5.78 Å². The fourth-order valence-electron chi connectivity index (χ4n) is 2.48. The van der Waals surface area contributed by atoms with E-state index in [1.54, 1.807) is 0 Å². The molecule has 0 unspecified atom stereocenters. The Labute approximate surface area is 101 Å². The van der Waals surface area contributed by atoms with Crippen LogP contribution in [0.4, 0.5) is 5.00 Å². The first-order valence-corrected chi connectivity index (χ1v) is 6.90. The van der Waals surface area contributed by atoms with Crippen LogP contribution in [0.25, 0.3) is 0 Å². The Morgan fingerprint density at radius 2 is 2.06 bits per heavy atom. The van der Waals surface area contributed by atoms with E-state index in [9.17, 15) is 4.79 Å². The van der Waals surface area contributed by atoms with Gasteiger partial charge in [-0.1, -0.05) is 26.7 Å². The summed E-state index contributed by atoms with van der Waals surface area (Å²) in [6.45, 7) is 3.88. The third-order valence-electron chi connectivity index (χ3n) is 3.41. The lowest BCUT2D eigenvalue weighted by Crippen LogP contribution is -2.12. The lowest BCUT2D eigenvalue weighted by atomic mass is 9.91. The molecule has 0 bridgehead atoms. The van der Waals surface area contributed by atoms with Crippen molar-refractivity contribution in [3.8, 4) is 0 Å². The first-order valence-electron chi connectivity index (χ1n) is 6.02. The lowest BCUT2D eigenvalue weighted by molar-refractivity contribution is 0.0939. The van der Waals surface area contributed by atoms with Gasteiger partial charge in [0, 0.05) is 5.92 Å². The van der Waals surface area contributed by atoms with Crippen molar-refractivity contribution >= 4 is 22.1 Å². The number of carbonyl (C=O) groups excluding carboxylic acids is 1. The van der Waals surface area contributed by atoms with Crippen LogP contribution in [0.5, 0.6) is 0 Å². The van der Waals surface area contributed by atoms with E-state index < -0.39 is 0 Å². The third-order valence-corrected chi connectivity index (χ3v) is 4.24. The molecule has 1 saturated carbocycles. The maximum atomic E-state index is 12.1. The predicted octanol–water partition coefficient (Wildman–Crippen LogP) is 3.83. The number of nitrogen functional groups attached to an aromatic ring is 1. The molecule has 0 radical (unpaired) electrons. The Hall–Kier alpha value is -0.830. The molecular formula is C13H19NOS. The molecule has 0 amide bonds. The molecule has 0 saturated heterocycles. The van der Waals surface area contributed by atoms with Crippen LogP contribution < -0.4 is 5.73 Å². The standard InChI is InChI=1S/C13H19NOS/c1-8(2)12(15)11-10(7-16-13(11)14)9-5-3-4-6-9/h7-9H,3-6,14H2,1-2H3. The van der Waals surface area contributed by atoms with E-state index in [-0.39, 0.29) is 11.7 Å². The first kappa shape index (κ1) is 11.6. The van der Waals surface area contributed by atoms with E-state index in [0.717, 1.165) is 5.56 Å². The van der Waals surface area contributed by atoms with Crippen LogP contribution >= 0.6 is 11.3 Å². The maximum Gasteiger partial charge on any atom is 0.168 e. The molecule has 2 N–H and O–H groups in total. The van der Waals surface area contributed by atoms with Gasteiger partial charge in [-0.25, -0.2) is 0 Å². The summed E-state index contributed by atoms with van der Waals surface area (Å²) in [6.07, 6.45) is 5.01. The van der Waals surface area contributed by atoms with Crippen LogP contribution in [-0.4, -0.2) is 5.78 Å². The topological polar surface area (TPSA) is 43.1 Å². The van der Waals surface area contributed by atoms with Crippen molar-refractivity contribution in [2.45, 2.75) is 45.4 Å². The number of anilines is 1. The van der Waals surface area contributed by atoms with E-state index in [0.29, 0.717) is 10.9 Å². The normalized spacial score (nSPS) is 17.2. The monoisotopic (exact) mass is 237 g/mol. The minimum atomic E-state index is 0.0389. The van der Waals surface area contributed by atoms with E-state index in [1.165, 1.54) is 42.6 Å². The Bertz CT molecular complexity index is 389. The number of rotatable bonds is 3. The average Bonchev–Trinajstić information content (AvgIpc) is 2.84. The largest absolute Gasteiger partial charge is 0.390 e. The molecule has 16 heavy (non-hydrogen) atoms. The summed E-state index contributed by atoms with van der Waals surface area (Å²) >= 11 is 1.52. The number of nitrogens with two attached hydrogens (primary N) is 1. The van der Waals surface area contributed by atoms with Gasteiger partial charge >= 0.3 is 0 Å². The lowest BCUT2D eigenvalue weighted by Gasteiger charge is -2.12. The van der Waals surface area contributed by atoms with Crippen molar-refractivity contribution in [2.75, 3.05) is 5.73 Å². The van der Waals surface area contributed by atoms with E-state index >= 15 is 0 Å². The van der Waals surface area contributed by atoms with Crippen LogP contribution in [0.1, 0.15) is 61.4 Å². The van der Waals surface area contributed by atoms with Crippen LogP contribution in [0.15, 0.2) is 5.38 Å². The highest BCUT2D eigenvalue weighted by Crippen LogP contribution is 2.40. The quantitative estimate of drug-likeness (QED) is 0.812. The van der Waals surface area contributed by atoms with Crippen molar-refractivity contribution in [3.63, 3.8) is 0 Å². The van der Waals surface area contributed by atoms with Gasteiger partial charge in [0.05, 0.1) is 10.6 Å². The highest BCUT2D eigenvalue weighted by atomic mass is 32.1. The number of Topliss-reactive ketones (excluding diaryl/α,β-unsaturated/α-hetero) is 1. The van der Waals surface area contributed by atoms with Crippen molar-refractivity contribution in [3.05, 3.63) is 16.5 Å². The van der Waals surface area contributed by atoms with Crippen molar-refractivity contribution < 1.29 is 4.79 Å². The summed E-state index contributed by atoms with van der Waals surface area (Å²) in [5, 5.41) is 2.81. The van der Waals surface area contributed by atoms with Gasteiger partial charge in [0.25, 0.3) is 0 Å². The Balaban J connectivity index is 2.35. The molecular weight excluding hydrogens is 218 g/mol. The highest BCUT2D eigenvalue weighted by molar-refractivity contribution is 7.14. The van der Waals surface area contributed by atoms with Gasteiger partial charge in [-0.3, -0.25) is 4.79 Å². The fraction of sp³-hybridized carbons (Fsp3) is 0.615. The maximum absolute atomic E-state index is 12.1. The van der Waals surface area contributed by atoms with Crippen molar-refractivity contribution in [1.29, 1.82) is 0 Å². The molecule has 1 aromatic rings. The smallest absolute Gasteiger partial charge is 0.168 e. The van der Waals surface area contributed by atoms with Crippen LogP contribution in [0.3, 0.4) is 0 Å². The molecule has 3 heteroatoms. The number of hydrogen-bond acceptors (Lipinski definition) is 3. The number of ketones is 1. The molecule has 1 fully saturated rings. The fourth-order valence-corrected chi connectivity index (χ4v) is 3.38. The summed E-state index contributed by atoms with van der Waals surface area (Å²) in [7, 11) is 0. The molecule has 1 aromatic heterocycles. The Kier molecular flexibility index (Phi) is 3.33. The summed E-state index contributed by atoms with van der Waals surface area (Å²) in [6, 6.07) is 0. The van der Waals surface area contributed by atoms with E-state index in [4.69, 9.17) is 5.73 Å².